The third kappa shape index (κ3) is 5.75. The zero-order valence-electron chi connectivity index (χ0n) is 15.6. The number of hydrogen-bond donors (Lipinski definition) is 2. The topological polar surface area (TPSA) is 89.0 Å². The summed E-state index contributed by atoms with van der Waals surface area (Å²) in [7, 11) is 3.09. The molecule has 7 heteroatoms. The van der Waals surface area contributed by atoms with E-state index in [1.54, 1.807) is 32.2 Å². The first-order valence-electron chi connectivity index (χ1n) is 8.88. The van der Waals surface area contributed by atoms with Gasteiger partial charge in [0.05, 0.1) is 26.3 Å². The van der Waals surface area contributed by atoms with Crippen LogP contribution in [-0.2, 0) is 9.59 Å². The molecule has 0 heterocycles. The van der Waals surface area contributed by atoms with E-state index in [9.17, 15) is 9.59 Å². The van der Waals surface area contributed by atoms with E-state index in [1.165, 1.54) is 13.5 Å². The van der Waals surface area contributed by atoms with Gasteiger partial charge in [-0.2, -0.15) is 5.10 Å². The Bertz CT molecular complexity index is 667. The van der Waals surface area contributed by atoms with Gasteiger partial charge >= 0.3 is 0 Å². The first-order chi connectivity index (χ1) is 12.5. The molecule has 142 valence electrons. The summed E-state index contributed by atoms with van der Waals surface area (Å²) >= 11 is 0. The number of anilines is 1. The summed E-state index contributed by atoms with van der Waals surface area (Å²) in [6, 6.07) is 5.15. The number of hydrogen-bond acceptors (Lipinski definition) is 5. The minimum Gasteiger partial charge on any atom is -0.497 e. The summed E-state index contributed by atoms with van der Waals surface area (Å²) in [5, 5.41) is 6.84. The molecule has 1 aromatic rings. The van der Waals surface area contributed by atoms with Crippen molar-refractivity contribution in [2.45, 2.75) is 45.4 Å². The molecule has 26 heavy (non-hydrogen) atoms. The maximum Gasteiger partial charge on any atom is 0.243 e. The summed E-state index contributed by atoms with van der Waals surface area (Å²) in [4.78, 5) is 24.3. The fourth-order valence-corrected chi connectivity index (χ4v) is 2.97. The number of nitrogens with zero attached hydrogens (tertiary/aromatic N) is 1. The molecule has 1 fully saturated rings. The van der Waals surface area contributed by atoms with Crippen molar-refractivity contribution in [3.63, 3.8) is 0 Å². The van der Waals surface area contributed by atoms with Crippen LogP contribution < -0.4 is 20.2 Å². The van der Waals surface area contributed by atoms with Crippen LogP contribution in [0.15, 0.2) is 23.3 Å². The highest BCUT2D eigenvalue weighted by Gasteiger charge is 2.20. The van der Waals surface area contributed by atoms with Crippen molar-refractivity contribution in [1.82, 2.24) is 5.43 Å². The summed E-state index contributed by atoms with van der Waals surface area (Å²) in [6.07, 6.45) is 5.29. The second-order valence-corrected chi connectivity index (χ2v) is 6.45. The molecular weight excluding hydrogens is 334 g/mol. The predicted octanol–water partition coefficient (Wildman–Crippen LogP) is 3.10. The van der Waals surface area contributed by atoms with Gasteiger partial charge in [0.25, 0.3) is 0 Å². The Hall–Kier alpha value is -2.57. The number of carbonyl (C=O) groups is 2. The van der Waals surface area contributed by atoms with Crippen molar-refractivity contribution in [1.29, 1.82) is 0 Å². The minimum absolute atomic E-state index is 0.0395. The normalized spacial score (nSPS) is 15.3. The average molecular weight is 361 g/mol. The molecule has 2 rings (SSSR count). The molecule has 0 spiro atoms. The third-order valence-corrected chi connectivity index (χ3v) is 4.43. The van der Waals surface area contributed by atoms with Crippen molar-refractivity contribution in [2.24, 2.45) is 11.0 Å². The van der Waals surface area contributed by atoms with Gasteiger partial charge in [-0.1, -0.05) is 19.3 Å². The van der Waals surface area contributed by atoms with Crippen molar-refractivity contribution in [3.8, 4) is 11.5 Å². The first-order valence-corrected chi connectivity index (χ1v) is 8.88. The van der Waals surface area contributed by atoms with Crippen LogP contribution in [0.3, 0.4) is 0 Å². The van der Waals surface area contributed by atoms with Gasteiger partial charge in [0, 0.05) is 17.7 Å². The van der Waals surface area contributed by atoms with E-state index < -0.39 is 0 Å². The van der Waals surface area contributed by atoms with Crippen LogP contribution in [0.25, 0.3) is 0 Å². The molecule has 1 aliphatic rings. The van der Waals surface area contributed by atoms with Crippen LogP contribution >= 0.6 is 0 Å². The highest BCUT2D eigenvalue weighted by Crippen LogP contribution is 2.29. The molecule has 0 aromatic heterocycles. The Labute approximate surface area is 154 Å². The lowest BCUT2D eigenvalue weighted by atomic mass is 9.89. The second kappa shape index (κ2) is 9.79. The first kappa shape index (κ1) is 19.8. The van der Waals surface area contributed by atoms with Crippen LogP contribution in [0.4, 0.5) is 5.69 Å². The molecule has 2 N–H and O–H groups in total. The van der Waals surface area contributed by atoms with Crippen LogP contribution in [0.1, 0.15) is 45.4 Å². The number of amides is 2. The average Bonchev–Trinajstić information content (AvgIpc) is 2.67. The van der Waals surface area contributed by atoms with Crippen molar-refractivity contribution < 1.29 is 19.1 Å². The molecule has 1 aliphatic carbocycles. The van der Waals surface area contributed by atoms with E-state index >= 15 is 0 Å². The fraction of sp³-hybridized carbons (Fsp3) is 0.526. The van der Waals surface area contributed by atoms with E-state index in [2.05, 4.69) is 15.8 Å². The van der Waals surface area contributed by atoms with Gasteiger partial charge in [0.15, 0.2) is 0 Å². The standard InChI is InChI=1S/C19H27N3O4/c1-13(21-22-19(24)14-7-5-4-6-8-14)11-18(23)20-16-10-9-15(25-2)12-17(16)26-3/h9-10,12,14H,4-8,11H2,1-3H3,(H,20,23)(H,22,24). The monoisotopic (exact) mass is 361 g/mol. The van der Waals surface area contributed by atoms with Crippen molar-refractivity contribution in [2.75, 3.05) is 19.5 Å². The third-order valence-electron chi connectivity index (χ3n) is 4.43. The largest absolute Gasteiger partial charge is 0.497 e. The summed E-state index contributed by atoms with van der Waals surface area (Å²) in [5.41, 5.74) is 3.68. The Balaban J connectivity index is 1.87. The molecule has 0 unspecified atom stereocenters. The van der Waals surface area contributed by atoms with Crippen molar-refractivity contribution in [3.05, 3.63) is 18.2 Å². The highest BCUT2D eigenvalue weighted by molar-refractivity contribution is 6.06. The van der Waals surface area contributed by atoms with Gasteiger partial charge in [0.2, 0.25) is 11.8 Å². The lowest BCUT2D eigenvalue weighted by Crippen LogP contribution is -2.29. The summed E-state index contributed by atoms with van der Waals surface area (Å²) in [6.45, 7) is 1.71. The molecule has 0 saturated heterocycles. The SMILES string of the molecule is COc1ccc(NC(=O)CC(C)=NNC(=O)C2CCCCC2)c(OC)c1. The molecule has 2 amide bonds. The molecule has 7 nitrogen and oxygen atoms in total. The molecular formula is C19H27N3O4. The lowest BCUT2D eigenvalue weighted by molar-refractivity contribution is -0.126. The van der Waals surface area contributed by atoms with Crippen LogP contribution in [0.2, 0.25) is 0 Å². The van der Waals surface area contributed by atoms with Crippen LogP contribution in [-0.4, -0.2) is 31.7 Å². The minimum atomic E-state index is -0.235. The molecule has 0 aliphatic heterocycles. The number of rotatable bonds is 7. The number of nitrogens with one attached hydrogen (secondary N) is 2. The van der Waals surface area contributed by atoms with E-state index in [0.717, 1.165) is 25.7 Å². The summed E-state index contributed by atoms with van der Waals surface area (Å²) in [5.74, 6) is 0.904. The van der Waals surface area contributed by atoms with Crippen LogP contribution in [0.5, 0.6) is 11.5 Å². The zero-order chi connectivity index (χ0) is 18.9. The number of carbonyl (C=O) groups excluding carboxylic acids is 2. The maximum absolute atomic E-state index is 12.2. The fourth-order valence-electron chi connectivity index (χ4n) is 2.97. The van der Waals surface area contributed by atoms with E-state index in [0.29, 0.717) is 22.9 Å². The number of benzene rings is 1. The molecule has 0 atom stereocenters. The van der Waals surface area contributed by atoms with E-state index in [4.69, 9.17) is 9.47 Å². The number of methoxy groups -OCH3 is 2. The Morgan fingerprint density at radius 3 is 2.54 bits per heavy atom. The number of hydrazone groups is 1. The number of ether oxygens (including phenoxy) is 2. The highest BCUT2D eigenvalue weighted by atomic mass is 16.5. The van der Waals surface area contributed by atoms with Crippen molar-refractivity contribution >= 4 is 23.2 Å². The Morgan fingerprint density at radius 1 is 1.15 bits per heavy atom. The van der Waals surface area contributed by atoms with Gasteiger partial charge in [-0.25, -0.2) is 5.43 Å². The second-order valence-electron chi connectivity index (χ2n) is 6.45. The van der Waals surface area contributed by atoms with Gasteiger partial charge < -0.3 is 14.8 Å². The molecule has 1 aromatic carbocycles. The molecule has 0 radical (unpaired) electrons. The van der Waals surface area contributed by atoms with Gasteiger partial charge in [-0.15, -0.1) is 0 Å². The predicted molar refractivity (Wildman–Crippen MR) is 101 cm³/mol. The van der Waals surface area contributed by atoms with Gasteiger partial charge in [-0.05, 0) is 31.9 Å². The Kier molecular flexibility index (Phi) is 7.44. The quantitative estimate of drug-likeness (QED) is 0.577. The molecule has 1 saturated carbocycles. The lowest BCUT2D eigenvalue weighted by Gasteiger charge is -2.19. The molecule has 0 bridgehead atoms. The Morgan fingerprint density at radius 2 is 1.88 bits per heavy atom. The van der Waals surface area contributed by atoms with Crippen LogP contribution in [0, 0.1) is 5.92 Å². The van der Waals surface area contributed by atoms with E-state index in [1.807, 2.05) is 0 Å². The maximum atomic E-state index is 12.2. The van der Waals surface area contributed by atoms with Gasteiger partial charge in [-0.3, -0.25) is 9.59 Å². The smallest absolute Gasteiger partial charge is 0.243 e. The van der Waals surface area contributed by atoms with E-state index in [-0.39, 0.29) is 24.2 Å². The zero-order valence-corrected chi connectivity index (χ0v) is 15.6. The van der Waals surface area contributed by atoms with Gasteiger partial charge in [0.1, 0.15) is 11.5 Å². The summed E-state index contributed by atoms with van der Waals surface area (Å²) < 4.78 is 10.4.